The number of fused-ring (bicyclic) bond motifs is 1. The number of amides is 2. The normalized spacial score (nSPS) is 29.9. The summed E-state index contributed by atoms with van der Waals surface area (Å²) < 4.78 is 4.21. The van der Waals surface area contributed by atoms with Crippen molar-refractivity contribution in [3.05, 3.63) is 54.6 Å². The predicted octanol–water partition coefficient (Wildman–Crippen LogP) is 4.44. The number of aliphatic hydroxyl groups excluding tert-OH is 1. The van der Waals surface area contributed by atoms with Gasteiger partial charge in [0.05, 0.1) is 29.2 Å². The van der Waals surface area contributed by atoms with Crippen molar-refractivity contribution in [2.24, 2.45) is 17.8 Å². The van der Waals surface area contributed by atoms with Gasteiger partial charge in [-0.1, -0.05) is 44.7 Å². The highest BCUT2D eigenvalue weighted by molar-refractivity contribution is 8.02. The van der Waals surface area contributed by atoms with Crippen LogP contribution in [0.15, 0.2) is 43.5 Å². The summed E-state index contributed by atoms with van der Waals surface area (Å²) in [6.45, 7) is 17.7. The zero-order chi connectivity index (χ0) is 28.7. The lowest BCUT2D eigenvalue weighted by atomic mass is 9.66. The number of anilines is 1. The largest absolute Gasteiger partial charge is 0.461 e. The molecule has 0 radical (unpaired) electrons. The van der Waals surface area contributed by atoms with Gasteiger partial charge in [-0.2, -0.15) is 0 Å². The van der Waals surface area contributed by atoms with Crippen LogP contribution < -0.4 is 4.90 Å². The Morgan fingerprint density at radius 3 is 2.59 bits per heavy atom. The molecule has 1 aromatic rings. The van der Waals surface area contributed by atoms with E-state index in [0.29, 0.717) is 19.3 Å². The molecule has 7 nitrogen and oxygen atoms in total. The molecular formula is C31H42N2O5S. The molecule has 1 aromatic carbocycles. The van der Waals surface area contributed by atoms with E-state index >= 15 is 0 Å². The molecule has 3 saturated heterocycles. The Labute approximate surface area is 236 Å². The van der Waals surface area contributed by atoms with E-state index in [1.165, 1.54) is 6.08 Å². The number of rotatable bonds is 11. The quantitative estimate of drug-likeness (QED) is 0.322. The molecule has 3 aliphatic rings. The van der Waals surface area contributed by atoms with Crippen molar-refractivity contribution >= 4 is 35.2 Å². The number of nitrogens with zero attached hydrogens (tertiary/aromatic N) is 2. The Kier molecular flexibility index (Phi) is 8.39. The number of carbonyl (C=O) groups excluding carboxylic acids is 3. The fourth-order valence-corrected chi connectivity index (χ4v) is 9.36. The third-order valence-electron chi connectivity index (χ3n) is 8.63. The second-order valence-electron chi connectivity index (χ2n) is 11.9. The summed E-state index contributed by atoms with van der Waals surface area (Å²) in [5.41, 5.74) is 2.75. The molecule has 8 heteroatoms. The molecule has 0 aromatic heterocycles. The number of thioether (sulfide) groups is 1. The number of likely N-dealkylation sites (tertiary alicyclic amines) is 1. The van der Waals surface area contributed by atoms with Gasteiger partial charge in [0.2, 0.25) is 5.91 Å². The molecule has 1 spiro atoms. The van der Waals surface area contributed by atoms with E-state index in [9.17, 15) is 19.5 Å². The summed E-state index contributed by atoms with van der Waals surface area (Å²) in [4.78, 5) is 46.0. The van der Waals surface area contributed by atoms with Crippen molar-refractivity contribution in [3.8, 4) is 0 Å². The Hall–Kier alpha value is -2.58. The zero-order valence-electron chi connectivity index (χ0n) is 23.8. The maximum absolute atomic E-state index is 14.8. The highest BCUT2D eigenvalue weighted by Gasteiger charge is 2.78. The molecule has 39 heavy (non-hydrogen) atoms. The van der Waals surface area contributed by atoms with Crippen molar-refractivity contribution in [2.75, 3.05) is 24.7 Å². The highest BCUT2D eigenvalue weighted by Crippen LogP contribution is 2.72. The number of hydrogen-bond donors (Lipinski definition) is 1. The molecule has 2 amide bonds. The molecule has 0 saturated carbocycles. The average molecular weight is 555 g/mol. The lowest BCUT2D eigenvalue weighted by Gasteiger charge is -2.40. The number of aryl methyl sites for hydroxylation is 2. The van der Waals surface area contributed by atoms with Gasteiger partial charge in [-0.3, -0.25) is 14.4 Å². The lowest BCUT2D eigenvalue weighted by Crippen LogP contribution is -2.58. The van der Waals surface area contributed by atoms with Gasteiger partial charge in [0, 0.05) is 17.0 Å². The smallest absolute Gasteiger partial charge is 0.311 e. The highest BCUT2D eigenvalue weighted by atomic mass is 32.2. The van der Waals surface area contributed by atoms with E-state index in [0.717, 1.165) is 16.8 Å². The third kappa shape index (κ3) is 4.84. The molecule has 3 aliphatic heterocycles. The van der Waals surface area contributed by atoms with Crippen LogP contribution in [0, 0.1) is 31.6 Å². The van der Waals surface area contributed by atoms with E-state index in [-0.39, 0.29) is 37.5 Å². The topological polar surface area (TPSA) is 87.1 Å². The van der Waals surface area contributed by atoms with Crippen LogP contribution in [0.1, 0.15) is 51.2 Å². The molecule has 3 heterocycles. The van der Waals surface area contributed by atoms with Gasteiger partial charge in [-0.15, -0.1) is 18.3 Å². The molecule has 2 bridgehead atoms. The summed E-state index contributed by atoms with van der Waals surface area (Å²) in [7, 11) is 0. The van der Waals surface area contributed by atoms with Gasteiger partial charge >= 0.3 is 5.97 Å². The first kappa shape index (κ1) is 29.4. The van der Waals surface area contributed by atoms with Crippen LogP contribution in [0.5, 0.6) is 0 Å². The number of hydrogen-bond acceptors (Lipinski definition) is 6. The maximum atomic E-state index is 14.8. The van der Waals surface area contributed by atoms with Crippen LogP contribution in [0.3, 0.4) is 0 Å². The molecule has 4 rings (SSSR count). The Balaban J connectivity index is 1.87. The molecule has 2 unspecified atom stereocenters. The van der Waals surface area contributed by atoms with Crippen molar-refractivity contribution in [1.29, 1.82) is 0 Å². The summed E-state index contributed by atoms with van der Waals surface area (Å²) in [5, 5.41) is 10.5. The van der Waals surface area contributed by atoms with E-state index in [2.05, 4.69) is 13.2 Å². The van der Waals surface area contributed by atoms with Crippen LogP contribution in [0.2, 0.25) is 0 Å². The first-order valence-corrected chi connectivity index (χ1v) is 14.7. The minimum atomic E-state index is -0.824. The second-order valence-corrected chi connectivity index (χ2v) is 13.8. The molecular weight excluding hydrogens is 512 g/mol. The Bertz CT molecular complexity index is 1170. The number of aliphatic hydroxyl groups is 1. The SMILES string of the molecule is C=CCOC(=O)[C@H]1[C@H]2C(=O)N([C@@H](CO)CC(C)C)C(C(=O)N(CC=C)c3cc(C)ccc3C)C23CC[C@]1(C)S3. The number of ether oxygens (including phenoxy) is 1. The van der Waals surface area contributed by atoms with Crippen molar-refractivity contribution < 1.29 is 24.2 Å². The molecule has 1 N–H and O–H groups in total. The summed E-state index contributed by atoms with van der Waals surface area (Å²) in [5.74, 6) is -2.02. The van der Waals surface area contributed by atoms with Gasteiger partial charge in [0.25, 0.3) is 5.91 Å². The van der Waals surface area contributed by atoms with Crippen molar-refractivity contribution in [3.63, 3.8) is 0 Å². The number of benzene rings is 1. The molecule has 6 atom stereocenters. The molecule has 0 aliphatic carbocycles. The lowest BCUT2D eigenvalue weighted by molar-refractivity contribution is -0.155. The predicted molar refractivity (Wildman–Crippen MR) is 156 cm³/mol. The monoisotopic (exact) mass is 554 g/mol. The Morgan fingerprint density at radius 1 is 1.26 bits per heavy atom. The molecule has 212 valence electrons. The molecule has 3 fully saturated rings. The minimum Gasteiger partial charge on any atom is -0.461 e. The fraction of sp³-hybridized carbons (Fsp3) is 0.581. The van der Waals surface area contributed by atoms with E-state index in [4.69, 9.17) is 4.74 Å². The zero-order valence-corrected chi connectivity index (χ0v) is 24.6. The van der Waals surface area contributed by atoms with E-state index in [1.807, 2.05) is 52.8 Å². The second kappa shape index (κ2) is 11.1. The third-order valence-corrected chi connectivity index (χ3v) is 10.6. The number of esters is 1. The summed E-state index contributed by atoms with van der Waals surface area (Å²) >= 11 is 1.61. The number of carbonyl (C=O) groups is 3. The van der Waals surface area contributed by atoms with Crippen LogP contribution in [0.25, 0.3) is 0 Å². The van der Waals surface area contributed by atoms with Gasteiger partial charge in [-0.05, 0) is 63.1 Å². The first-order chi connectivity index (χ1) is 18.5. The minimum absolute atomic E-state index is 0.0719. The van der Waals surface area contributed by atoms with Crippen molar-refractivity contribution in [1.82, 2.24) is 4.90 Å². The summed E-state index contributed by atoms with van der Waals surface area (Å²) in [6, 6.07) is 4.63. The van der Waals surface area contributed by atoms with Gasteiger partial charge in [0.15, 0.2) is 0 Å². The van der Waals surface area contributed by atoms with Gasteiger partial charge in [0.1, 0.15) is 12.6 Å². The van der Waals surface area contributed by atoms with Crippen LogP contribution in [-0.4, -0.2) is 69.1 Å². The van der Waals surface area contributed by atoms with Crippen LogP contribution in [-0.2, 0) is 19.1 Å². The van der Waals surface area contributed by atoms with Gasteiger partial charge < -0.3 is 19.6 Å². The average Bonchev–Trinajstić information content (AvgIpc) is 3.46. The fourth-order valence-electron chi connectivity index (χ4n) is 7.04. The Morgan fingerprint density at radius 2 is 1.97 bits per heavy atom. The van der Waals surface area contributed by atoms with Crippen LogP contribution in [0.4, 0.5) is 5.69 Å². The van der Waals surface area contributed by atoms with Crippen LogP contribution >= 0.6 is 11.8 Å². The van der Waals surface area contributed by atoms with Crippen molar-refractivity contribution in [2.45, 2.75) is 75.5 Å². The maximum Gasteiger partial charge on any atom is 0.311 e. The standard InChI is InChI=1S/C31H42N2O5S/c1-8-14-32(23-17-20(5)10-11-21(23)6)28(36)26-31-13-12-30(7,39-31)25(29(37)38-15-9-2)24(31)27(35)33(26)22(18-34)16-19(3)4/h8-11,17,19,22,24-26,34H,1-2,12-16,18H2,3-7H3/t22-,24+,25-,26?,30+,31?/m1/s1. The summed E-state index contributed by atoms with van der Waals surface area (Å²) in [6.07, 6.45) is 5.10. The first-order valence-electron chi connectivity index (χ1n) is 13.9. The van der Waals surface area contributed by atoms with Gasteiger partial charge in [-0.25, -0.2) is 0 Å². The van der Waals surface area contributed by atoms with E-state index in [1.54, 1.807) is 27.6 Å². The van der Waals surface area contributed by atoms with E-state index < -0.39 is 39.4 Å².